The summed E-state index contributed by atoms with van der Waals surface area (Å²) in [6.45, 7) is 4.26. The molecule has 0 saturated carbocycles. The van der Waals surface area contributed by atoms with Crippen molar-refractivity contribution in [1.82, 2.24) is 15.0 Å². The van der Waals surface area contributed by atoms with E-state index in [2.05, 4.69) is 164 Å². The third-order valence-corrected chi connectivity index (χ3v) is 11.3. The maximum absolute atomic E-state index is 5.12. The summed E-state index contributed by atoms with van der Waals surface area (Å²) in [5.41, 5.74) is 15.3. The zero-order valence-corrected chi connectivity index (χ0v) is 32.4. The molecule has 1 aliphatic carbocycles. The third kappa shape index (κ3) is 6.07. The van der Waals surface area contributed by atoms with Gasteiger partial charge in [-0.25, -0.2) is 15.0 Å². The van der Waals surface area contributed by atoms with Crippen molar-refractivity contribution in [2.24, 2.45) is 0 Å². The molecule has 0 unspecified atom stereocenters. The molecule has 4 heteroatoms. The summed E-state index contributed by atoms with van der Waals surface area (Å²) in [6, 6.07) is 73.6. The molecule has 0 amide bonds. The number of rotatable bonds is 8. The molecule has 1 aromatic heterocycles. The summed E-state index contributed by atoms with van der Waals surface area (Å²) >= 11 is 0. The highest BCUT2D eigenvalue weighted by molar-refractivity contribution is 5.87. The lowest BCUT2D eigenvalue weighted by molar-refractivity contribution is 0.768. The maximum atomic E-state index is 5.12. The first kappa shape index (κ1) is 35.0. The Balaban J connectivity index is 1.17. The van der Waals surface area contributed by atoms with E-state index in [1.807, 2.05) is 60.7 Å². The minimum atomic E-state index is -0.613. The molecule has 9 aromatic rings. The number of benzene rings is 8. The first-order valence-electron chi connectivity index (χ1n) is 19.8. The van der Waals surface area contributed by atoms with Crippen LogP contribution in [0, 0.1) is 13.8 Å². The average Bonchev–Trinajstić information content (AvgIpc) is 3.59. The van der Waals surface area contributed by atoms with E-state index in [1.54, 1.807) is 0 Å². The van der Waals surface area contributed by atoms with E-state index in [4.69, 9.17) is 15.0 Å². The smallest absolute Gasteiger partial charge is 0.164 e. The molecule has 0 N–H and O–H groups in total. The molecule has 0 radical (unpaired) electrons. The summed E-state index contributed by atoms with van der Waals surface area (Å²) in [4.78, 5) is 17.5. The molecule has 0 atom stereocenters. The van der Waals surface area contributed by atoms with E-state index < -0.39 is 5.41 Å². The molecular formula is C54H40N4. The third-order valence-electron chi connectivity index (χ3n) is 11.3. The number of fused-ring (bicyclic) bond motifs is 3. The Hall–Kier alpha value is -7.43. The van der Waals surface area contributed by atoms with Crippen molar-refractivity contribution >= 4 is 17.1 Å². The lowest BCUT2D eigenvalue weighted by Gasteiger charge is -2.34. The van der Waals surface area contributed by atoms with Crippen molar-refractivity contribution in [1.29, 1.82) is 0 Å². The Labute approximate surface area is 339 Å². The van der Waals surface area contributed by atoms with Gasteiger partial charge in [-0.3, -0.25) is 0 Å². The molecule has 58 heavy (non-hydrogen) atoms. The van der Waals surface area contributed by atoms with E-state index in [0.29, 0.717) is 17.5 Å². The van der Waals surface area contributed by atoms with Crippen molar-refractivity contribution in [2.75, 3.05) is 4.90 Å². The van der Waals surface area contributed by atoms with Gasteiger partial charge in [0.2, 0.25) is 0 Å². The molecule has 276 valence electrons. The van der Waals surface area contributed by atoms with E-state index in [0.717, 1.165) is 39.3 Å². The lowest BCUT2D eigenvalue weighted by atomic mass is 9.67. The van der Waals surface area contributed by atoms with Crippen molar-refractivity contribution < 1.29 is 0 Å². The van der Waals surface area contributed by atoms with Gasteiger partial charge in [-0.2, -0.15) is 0 Å². The fraction of sp³-hybridized carbons (Fsp3) is 0.0556. The van der Waals surface area contributed by atoms with Crippen LogP contribution in [0.2, 0.25) is 0 Å². The number of aryl methyl sites for hydroxylation is 2. The SMILES string of the molecule is Cc1ccc(N(c2ccc(C)cc2)c2ccc(C3(c4cccc(-c5nc(-c6ccccc6)nc(-c6ccccc6)n5)c4)c4ccccc4-c4ccccc43)cc2)cc1. The summed E-state index contributed by atoms with van der Waals surface area (Å²) in [6.07, 6.45) is 0. The minimum absolute atomic E-state index is 0.613. The minimum Gasteiger partial charge on any atom is -0.311 e. The van der Waals surface area contributed by atoms with Crippen molar-refractivity contribution in [3.63, 3.8) is 0 Å². The van der Waals surface area contributed by atoms with Gasteiger partial charge in [0.1, 0.15) is 0 Å². The zero-order valence-electron chi connectivity index (χ0n) is 32.4. The Kier molecular flexibility index (Phi) is 8.80. The summed E-state index contributed by atoms with van der Waals surface area (Å²) < 4.78 is 0. The fourth-order valence-electron chi connectivity index (χ4n) is 8.55. The predicted molar refractivity (Wildman–Crippen MR) is 238 cm³/mol. The van der Waals surface area contributed by atoms with E-state index >= 15 is 0 Å². The topological polar surface area (TPSA) is 41.9 Å². The molecule has 0 aliphatic heterocycles. The van der Waals surface area contributed by atoms with Gasteiger partial charge in [-0.15, -0.1) is 0 Å². The van der Waals surface area contributed by atoms with Crippen LogP contribution in [0.3, 0.4) is 0 Å². The first-order valence-corrected chi connectivity index (χ1v) is 19.8. The van der Waals surface area contributed by atoms with Crippen LogP contribution in [0.15, 0.2) is 206 Å². The van der Waals surface area contributed by atoms with Crippen LogP contribution in [-0.2, 0) is 5.41 Å². The number of aromatic nitrogens is 3. The second-order valence-corrected chi connectivity index (χ2v) is 15.0. The van der Waals surface area contributed by atoms with Gasteiger partial charge in [-0.1, -0.05) is 175 Å². The molecule has 10 rings (SSSR count). The highest BCUT2D eigenvalue weighted by Gasteiger charge is 2.46. The van der Waals surface area contributed by atoms with Crippen LogP contribution in [0.4, 0.5) is 17.1 Å². The number of hydrogen-bond acceptors (Lipinski definition) is 4. The molecule has 1 aliphatic rings. The Bertz CT molecular complexity index is 2740. The Morgan fingerprint density at radius 3 is 1.22 bits per heavy atom. The van der Waals surface area contributed by atoms with Gasteiger partial charge >= 0.3 is 0 Å². The fourth-order valence-corrected chi connectivity index (χ4v) is 8.55. The predicted octanol–water partition coefficient (Wildman–Crippen LogP) is 13.3. The molecule has 1 heterocycles. The second kappa shape index (κ2) is 14.6. The van der Waals surface area contributed by atoms with Gasteiger partial charge in [0, 0.05) is 33.8 Å². The maximum Gasteiger partial charge on any atom is 0.164 e. The summed E-state index contributed by atoms with van der Waals surface area (Å²) in [5.74, 6) is 1.92. The van der Waals surface area contributed by atoms with E-state index in [1.165, 1.54) is 38.9 Å². The van der Waals surface area contributed by atoms with Crippen molar-refractivity contribution in [3.05, 3.63) is 240 Å². The number of anilines is 3. The summed E-state index contributed by atoms with van der Waals surface area (Å²) in [5, 5.41) is 0. The largest absolute Gasteiger partial charge is 0.311 e. The number of hydrogen-bond donors (Lipinski definition) is 0. The molecule has 4 nitrogen and oxygen atoms in total. The van der Waals surface area contributed by atoms with Gasteiger partial charge in [0.15, 0.2) is 17.5 Å². The standard InChI is InChI=1S/C54H40N4/c1-37-24-30-44(31-25-37)58(45-32-26-38(2)27-33-45)46-34-28-42(29-35-46)54(49-22-11-9-20-47(49)48-21-10-12-23-50(48)54)43-19-13-18-41(36-43)53-56-51(39-14-5-3-6-15-39)55-52(57-53)40-16-7-4-8-17-40/h3-36H,1-2H3. The quantitative estimate of drug-likeness (QED) is 0.155. The summed E-state index contributed by atoms with van der Waals surface area (Å²) in [7, 11) is 0. The van der Waals surface area contributed by atoms with Crippen LogP contribution in [0.5, 0.6) is 0 Å². The van der Waals surface area contributed by atoms with E-state index in [-0.39, 0.29) is 0 Å². The van der Waals surface area contributed by atoms with Gasteiger partial charge < -0.3 is 4.90 Å². The monoisotopic (exact) mass is 744 g/mol. The second-order valence-electron chi connectivity index (χ2n) is 15.0. The zero-order chi connectivity index (χ0) is 39.1. The lowest BCUT2D eigenvalue weighted by Crippen LogP contribution is -2.28. The van der Waals surface area contributed by atoms with Crippen LogP contribution in [0.25, 0.3) is 45.3 Å². The Morgan fingerprint density at radius 2 is 0.741 bits per heavy atom. The van der Waals surface area contributed by atoms with Crippen LogP contribution in [0.1, 0.15) is 33.4 Å². The number of nitrogens with zero attached hydrogens (tertiary/aromatic N) is 4. The molecular weight excluding hydrogens is 705 g/mol. The molecule has 0 fully saturated rings. The highest BCUT2D eigenvalue weighted by atomic mass is 15.1. The van der Waals surface area contributed by atoms with Crippen LogP contribution < -0.4 is 4.90 Å². The van der Waals surface area contributed by atoms with Crippen molar-refractivity contribution in [3.8, 4) is 45.3 Å². The van der Waals surface area contributed by atoms with E-state index in [9.17, 15) is 0 Å². The average molecular weight is 745 g/mol. The van der Waals surface area contributed by atoms with Gasteiger partial charge in [0.25, 0.3) is 0 Å². The highest BCUT2D eigenvalue weighted by Crippen LogP contribution is 2.56. The van der Waals surface area contributed by atoms with Crippen molar-refractivity contribution in [2.45, 2.75) is 19.3 Å². The first-order chi connectivity index (χ1) is 28.6. The Morgan fingerprint density at radius 1 is 0.345 bits per heavy atom. The molecule has 8 aromatic carbocycles. The van der Waals surface area contributed by atoms with Crippen LogP contribution in [-0.4, -0.2) is 15.0 Å². The normalized spacial score (nSPS) is 12.4. The van der Waals surface area contributed by atoms with Gasteiger partial charge in [0.05, 0.1) is 5.41 Å². The molecule has 0 bridgehead atoms. The van der Waals surface area contributed by atoms with Crippen LogP contribution >= 0.6 is 0 Å². The van der Waals surface area contributed by atoms with Gasteiger partial charge in [-0.05, 0) is 89.7 Å². The molecule has 0 spiro atoms. The molecule has 0 saturated heterocycles.